The molecule has 20 heavy (non-hydrogen) atoms. The SMILES string of the molecule is C=CC(=O)Oc1cccc(CS(=O)(=O)NS(C)(=O)=O)n1. The standard InChI is InChI=1S/C10H12N2O6S2/c1-3-10(13)18-9-6-4-5-8(11-9)7-20(16,17)12-19(2,14)15/h3-6,12H,1,7H2,2H3. The zero-order valence-electron chi connectivity index (χ0n) is 10.4. The van der Waals surface area contributed by atoms with Gasteiger partial charge in [-0.25, -0.2) is 26.6 Å². The average Bonchev–Trinajstić information content (AvgIpc) is 2.25. The first kappa shape index (κ1) is 16.3. The van der Waals surface area contributed by atoms with Gasteiger partial charge in [-0.3, -0.25) is 0 Å². The second-order valence-electron chi connectivity index (χ2n) is 3.71. The molecule has 1 heterocycles. The summed E-state index contributed by atoms with van der Waals surface area (Å²) >= 11 is 0. The van der Waals surface area contributed by atoms with Crippen molar-refractivity contribution in [1.29, 1.82) is 0 Å². The van der Waals surface area contributed by atoms with Gasteiger partial charge in [0.05, 0.1) is 11.9 Å². The zero-order valence-corrected chi connectivity index (χ0v) is 12.1. The van der Waals surface area contributed by atoms with E-state index in [2.05, 4.69) is 11.6 Å². The Morgan fingerprint density at radius 1 is 1.40 bits per heavy atom. The van der Waals surface area contributed by atoms with Crippen LogP contribution < -0.4 is 8.86 Å². The van der Waals surface area contributed by atoms with E-state index >= 15 is 0 Å². The Morgan fingerprint density at radius 3 is 2.60 bits per heavy atom. The number of carbonyl (C=O) groups excluding carboxylic acids is 1. The van der Waals surface area contributed by atoms with Crippen LogP contribution in [0.15, 0.2) is 30.9 Å². The van der Waals surface area contributed by atoms with E-state index in [-0.39, 0.29) is 11.6 Å². The van der Waals surface area contributed by atoms with Gasteiger partial charge in [0.2, 0.25) is 25.9 Å². The number of esters is 1. The number of ether oxygens (including phenoxy) is 1. The number of sulfonamides is 2. The predicted octanol–water partition coefficient (Wildman–Crippen LogP) is -0.448. The molecule has 0 bridgehead atoms. The first-order chi connectivity index (χ1) is 9.11. The third-order valence-corrected chi connectivity index (χ3v) is 4.67. The lowest BCUT2D eigenvalue weighted by molar-refractivity contribution is -0.129. The molecular weight excluding hydrogens is 308 g/mol. The minimum absolute atomic E-state index is 0.0236. The van der Waals surface area contributed by atoms with E-state index < -0.39 is 31.8 Å². The number of pyridine rings is 1. The summed E-state index contributed by atoms with van der Waals surface area (Å²) in [6, 6.07) is 4.12. The van der Waals surface area contributed by atoms with Gasteiger partial charge >= 0.3 is 5.97 Å². The number of rotatable bonds is 6. The lowest BCUT2D eigenvalue weighted by Gasteiger charge is -2.05. The van der Waals surface area contributed by atoms with E-state index in [4.69, 9.17) is 4.74 Å². The zero-order chi connectivity index (χ0) is 15.4. The molecule has 0 aliphatic heterocycles. The average molecular weight is 320 g/mol. The van der Waals surface area contributed by atoms with Crippen LogP contribution in [-0.2, 0) is 30.6 Å². The second kappa shape index (κ2) is 6.11. The van der Waals surface area contributed by atoms with Gasteiger partial charge in [-0.2, -0.15) is 0 Å². The van der Waals surface area contributed by atoms with Crippen molar-refractivity contribution in [3.05, 3.63) is 36.5 Å². The lowest BCUT2D eigenvalue weighted by atomic mass is 10.4. The maximum Gasteiger partial charge on any atom is 0.336 e. The van der Waals surface area contributed by atoms with Crippen LogP contribution in [0.3, 0.4) is 0 Å². The second-order valence-corrected chi connectivity index (χ2v) is 7.44. The Labute approximate surface area is 116 Å². The quantitative estimate of drug-likeness (QED) is 0.557. The fourth-order valence-electron chi connectivity index (χ4n) is 1.19. The van der Waals surface area contributed by atoms with Gasteiger partial charge in [-0.1, -0.05) is 12.6 Å². The molecule has 0 amide bonds. The van der Waals surface area contributed by atoms with E-state index in [0.29, 0.717) is 0 Å². The molecule has 1 aromatic heterocycles. The van der Waals surface area contributed by atoms with Crippen molar-refractivity contribution in [1.82, 2.24) is 9.11 Å². The van der Waals surface area contributed by atoms with E-state index in [9.17, 15) is 21.6 Å². The van der Waals surface area contributed by atoms with Gasteiger partial charge in [-0.05, 0) is 6.07 Å². The fourth-order valence-corrected chi connectivity index (χ4v) is 3.83. The molecule has 110 valence electrons. The minimum atomic E-state index is -4.10. The van der Waals surface area contributed by atoms with Crippen LogP contribution in [0.5, 0.6) is 5.88 Å². The molecule has 1 N–H and O–H groups in total. The van der Waals surface area contributed by atoms with Gasteiger partial charge in [0.15, 0.2) is 0 Å². The summed E-state index contributed by atoms with van der Waals surface area (Å²) in [4.78, 5) is 14.7. The smallest absolute Gasteiger partial charge is 0.336 e. The molecular formula is C10H12N2O6S2. The molecule has 0 aliphatic carbocycles. The van der Waals surface area contributed by atoms with Gasteiger partial charge in [0.25, 0.3) is 0 Å². The molecule has 8 nitrogen and oxygen atoms in total. The largest absolute Gasteiger partial charge is 0.404 e. The van der Waals surface area contributed by atoms with Crippen LogP contribution in [0.1, 0.15) is 5.69 Å². The monoisotopic (exact) mass is 320 g/mol. The Morgan fingerprint density at radius 2 is 2.05 bits per heavy atom. The van der Waals surface area contributed by atoms with E-state index in [1.54, 1.807) is 0 Å². The number of hydrogen-bond donors (Lipinski definition) is 1. The van der Waals surface area contributed by atoms with Crippen LogP contribution in [0, 0.1) is 0 Å². The highest BCUT2D eigenvalue weighted by atomic mass is 32.3. The predicted molar refractivity (Wildman–Crippen MR) is 70.7 cm³/mol. The normalized spacial score (nSPS) is 11.8. The van der Waals surface area contributed by atoms with Crippen molar-refractivity contribution >= 4 is 26.0 Å². The molecule has 0 radical (unpaired) electrons. The van der Waals surface area contributed by atoms with Gasteiger partial charge in [0.1, 0.15) is 5.75 Å². The van der Waals surface area contributed by atoms with E-state index in [1.807, 2.05) is 0 Å². The van der Waals surface area contributed by atoms with Gasteiger partial charge in [0, 0.05) is 12.1 Å². The van der Waals surface area contributed by atoms with E-state index in [0.717, 1.165) is 12.3 Å². The first-order valence-corrected chi connectivity index (χ1v) is 8.67. The number of hydrogen-bond acceptors (Lipinski definition) is 7. The number of nitrogens with one attached hydrogen (secondary N) is 1. The molecule has 1 aromatic rings. The summed E-state index contributed by atoms with van der Waals surface area (Å²) < 4.78 is 51.1. The first-order valence-electron chi connectivity index (χ1n) is 5.13. The van der Waals surface area contributed by atoms with Gasteiger partial charge in [-0.15, -0.1) is 4.13 Å². The molecule has 0 atom stereocenters. The van der Waals surface area contributed by atoms with Crippen LogP contribution in [0.25, 0.3) is 0 Å². The molecule has 0 fully saturated rings. The van der Waals surface area contributed by atoms with Crippen molar-refractivity contribution in [2.45, 2.75) is 5.75 Å². The van der Waals surface area contributed by atoms with Crippen LogP contribution in [-0.4, -0.2) is 34.0 Å². The Kier molecular flexibility index (Phi) is 4.98. The highest BCUT2D eigenvalue weighted by molar-refractivity contribution is 8.04. The molecule has 1 rings (SSSR count). The highest BCUT2D eigenvalue weighted by Gasteiger charge is 2.18. The van der Waals surface area contributed by atoms with Crippen molar-refractivity contribution in [3.8, 4) is 5.88 Å². The summed E-state index contributed by atoms with van der Waals surface area (Å²) in [5.74, 6) is -1.52. The molecule has 0 unspecified atom stereocenters. The summed E-state index contributed by atoms with van der Waals surface area (Å²) in [7, 11) is -8.00. The summed E-state index contributed by atoms with van der Waals surface area (Å²) in [6.07, 6.45) is 1.65. The van der Waals surface area contributed by atoms with Crippen LogP contribution >= 0.6 is 0 Å². The maximum absolute atomic E-state index is 11.6. The maximum atomic E-state index is 11.6. The number of carbonyl (C=O) groups is 1. The minimum Gasteiger partial charge on any atom is -0.404 e. The topological polar surface area (TPSA) is 119 Å². The molecule has 0 saturated heterocycles. The summed E-state index contributed by atoms with van der Waals surface area (Å²) in [6.45, 7) is 3.20. The Bertz CT molecular complexity index is 724. The molecule has 0 saturated carbocycles. The van der Waals surface area contributed by atoms with Crippen LogP contribution in [0.2, 0.25) is 0 Å². The highest BCUT2D eigenvalue weighted by Crippen LogP contribution is 2.10. The third kappa shape index (κ3) is 5.91. The Balaban J connectivity index is 2.91. The number of aromatic nitrogens is 1. The van der Waals surface area contributed by atoms with Crippen molar-refractivity contribution in [2.75, 3.05) is 6.26 Å². The third-order valence-electron chi connectivity index (χ3n) is 1.77. The van der Waals surface area contributed by atoms with Crippen LogP contribution in [0.4, 0.5) is 0 Å². The van der Waals surface area contributed by atoms with Crippen molar-refractivity contribution in [3.63, 3.8) is 0 Å². The fraction of sp³-hybridized carbons (Fsp3) is 0.200. The van der Waals surface area contributed by atoms with Crippen molar-refractivity contribution in [2.24, 2.45) is 0 Å². The van der Waals surface area contributed by atoms with Gasteiger partial charge < -0.3 is 4.74 Å². The lowest BCUT2D eigenvalue weighted by Crippen LogP contribution is -2.30. The van der Waals surface area contributed by atoms with Crippen molar-refractivity contribution < 1.29 is 26.4 Å². The number of nitrogens with zero attached hydrogens (tertiary/aromatic N) is 1. The van der Waals surface area contributed by atoms with E-state index in [1.165, 1.54) is 22.3 Å². The summed E-state index contributed by atoms with van der Waals surface area (Å²) in [5.41, 5.74) is 0.0236. The Hall–Kier alpha value is -1.78. The molecule has 0 aliphatic rings. The summed E-state index contributed by atoms with van der Waals surface area (Å²) in [5, 5.41) is 0. The molecule has 0 spiro atoms. The molecule has 10 heteroatoms. The molecule has 0 aromatic carbocycles.